The van der Waals surface area contributed by atoms with Crippen LogP contribution in [0.2, 0.25) is 0 Å². The Morgan fingerprint density at radius 1 is 1.36 bits per heavy atom. The molecule has 4 rings (SSSR count). The Bertz CT molecular complexity index is 1000. The van der Waals surface area contributed by atoms with Gasteiger partial charge in [0.25, 0.3) is 5.91 Å². The minimum absolute atomic E-state index is 0.0222. The summed E-state index contributed by atoms with van der Waals surface area (Å²) in [6.45, 7) is 1.07. The van der Waals surface area contributed by atoms with E-state index in [4.69, 9.17) is 4.42 Å². The van der Waals surface area contributed by atoms with E-state index in [0.717, 1.165) is 0 Å². The van der Waals surface area contributed by atoms with Crippen molar-refractivity contribution in [1.29, 1.82) is 0 Å². The van der Waals surface area contributed by atoms with Gasteiger partial charge in [0.2, 0.25) is 5.89 Å². The molecule has 0 aliphatic carbocycles. The van der Waals surface area contributed by atoms with Crippen LogP contribution in [0.4, 0.5) is 4.39 Å². The number of hydrogen-bond acceptors (Lipinski definition) is 4. The number of amides is 1. The number of hydrogen-bond donors (Lipinski definition) is 2. The first kappa shape index (κ1) is 16.1. The van der Waals surface area contributed by atoms with Gasteiger partial charge in [-0.2, -0.15) is 0 Å². The maximum Gasteiger partial charge on any atom is 0.434 e. The van der Waals surface area contributed by atoms with Crippen molar-refractivity contribution in [3.63, 3.8) is 0 Å². The summed E-state index contributed by atoms with van der Waals surface area (Å²) in [5.41, 5.74) is 1.12. The fourth-order valence-electron chi connectivity index (χ4n) is 3.17. The summed E-state index contributed by atoms with van der Waals surface area (Å²) in [6, 6.07) is 4.61. The van der Waals surface area contributed by atoms with Crippen LogP contribution in [0.5, 0.6) is 0 Å². The van der Waals surface area contributed by atoms with Crippen LogP contribution >= 0.6 is 15.9 Å². The van der Waals surface area contributed by atoms with Gasteiger partial charge in [-0.25, -0.2) is 14.3 Å². The number of halogens is 2. The fourth-order valence-corrected chi connectivity index (χ4v) is 3.63. The zero-order chi connectivity index (χ0) is 17.6. The van der Waals surface area contributed by atoms with Gasteiger partial charge in [-0.05, 0) is 47.0 Å². The van der Waals surface area contributed by atoms with Crippen LogP contribution in [0.3, 0.4) is 0 Å². The zero-order valence-electron chi connectivity index (χ0n) is 13.0. The molecule has 1 saturated heterocycles. The van der Waals surface area contributed by atoms with Crippen LogP contribution < -0.4 is 5.76 Å². The molecule has 1 fully saturated rings. The maximum atomic E-state index is 13.6. The lowest BCUT2D eigenvalue weighted by Crippen LogP contribution is -2.38. The molecule has 0 unspecified atom stereocenters. The summed E-state index contributed by atoms with van der Waals surface area (Å²) >= 11 is 3.21. The van der Waals surface area contributed by atoms with Crippen LogP contribution in [0, 0.1) is 5.82 Å². The highest BCUT2D eigenvalue weighted by molar-refractivity contribution is 9.10. The van der Waals surface area contributed by atoms with Crippen molar-refractivity contribution in [2.24, 2.45) is 0 Å². The van der Waals surface area contributed by atoms with Crippen LogP contribution in [-0.2, 0) is 0 Å². The Labute approximate surface area is 149 Å². The van der Waals surface area contributed by atoms with Crippen molar-refractivity contribution in [2.75, 3.05) is 13.1 Å². The van der Waals surface area contributed by atoms with E-state index in [1.54, 1.807) is 17.0 Å². The molecule has 2 N–H and O–H groups in total. The van der Waals surface area contributed by atoms with E-state index in [-0.39, 0.29) is 17.6 Å². The van der Waals surface area contributed by atoms with Crippen molar-refractivity contribution in [1.82, 2.24) is 20.1 Å². The second-order valence-corrected chi connectivity index (χ2v) is 6.82. The molecule has 1 aliphatic rings. The van der Waals surface area contributed by atoms with Crippen molar-refractivity contribution >= 4 is 32.7 Å². The molecule has 0 spiro atoms. The molecule has 25 heavy (non-hydrogen) atoms. The van der Waals surface area contributed by atoms with Gasteiger partial charge >= 0.3 is 5.76 Å². The van der Waals surface area contributed by atoms with Gasteiger partial charge in [-0.1, -0.05) is 0 Å². The number of piperidine rings is 1. The summed E-state index contributed by atoms with van der Waals surface area (Å²) in [6.07, 6.45) is 1.33. The van der Waals surface area contributed by atoms with Gasteiger partial charge in [-0.15, -0.1) is 5.10 Å². The third-order valence-corrected chi connectivity index (χ3v) is 5.31. The van der Waals surface area contributed by atoms with E-state index in [2.05, 4.69) is 31.1 Å². The Morgan fingerprint density at radius 2 is 2.12 bits per heavy atom. The summed E-state index contributed by atoms with van der Waals surface area (Å²) in [5.74, 6) is -0.655. The molecule has 130 valence electrons. The molecule has 0 saturated carbocycles. The summed E-state index contributed by atoms with van der Waals surface area (Å²) in [5, 5.41) is 6.75. The largest absolute Gasteiger partial charge is 0.434 e. The molecule has 0 radical (unpaired) electrons. The molecular formula is C16H14BrFN4O3. The first-order valence-electron chi connectivity index (χ1n) is 7.84. The number of carbonyl (C=O) groups excluding carboxylic acids is 1. The van der Waals surface area contributed by atoms with Crippen molar-refractivity contribution in [3.05, 3.63) is 50.6 Å². The molecule has 2 aromatic heterocycles. The van der Waals surface area contributed by atoms with Gasteiger partial charge in [0, 0.05) is 29.9 Å². The fraction of sp³-hybridized carbons (Fsp3) is 0.312. The molecule has 3 heterocycles. The number of benzene rings is 1. The molecule has 1 aliphatic heterocycles. The second kappa shape index (κ2) is 6.14. The van der Waals surface area contributed by atoms with Crippen LogP contribution in [0.1, 0.15) is 35.1 Å². The zero-order valence-corrected chi connectivity index (χ0v) is 14.6. The normalized spacial score (nSPS) is 15.8. The minimum Gasteiger partial charge on any atom is -0.392 e. The molecule has 7 nitrogen and oxygen atoms in total. The highest BCUT2D eigenvalue weighted by Gasteiger charge is 2.28. The third kappa shape index (κ3) is 2.88. The molecular weight excluding hydrogens is 395 g/mol. The molecule has 0 bridgehead atoms. The van der Waals surface area contributed by atoms with Crippen molar-refractivity contribution in [3.8, 4) is 0 Å². The molecule has 3 aromatic rings. The lowest BCUT2D eigenvalue weighted by molar-refractivity contribution is 0.0701. The molecule has 1 amide bonds. The number of rotatable bonds is 2. The molecule has 1 aromatic carbocycles. The summed E-state index contributed by atoms with van der Waals surface area (Å²) < 4.78 is 19.0. The molecule has 9 heteroatoms. The number of likely N-dealkylation sites (tertiary alicyclic amines) is 1. The molecule has 0 atom stereocenters. The lowest BCUT2D eigenvalue weighted by Gasteiger charge is -2.30. The second-order valence-electron chi connectivity index (χ2n) is 6.02. The number of nitrogens with zero attached hydrogens (tertiary/aromatic N) is 2. The average molecular weight is 409 g/mol. The monoisotopic (exact) mass is 408 g/mol. The predicted molar refractivity (Wildman–Crippen MR) is 91.0 cm³/mol. The van der Waals surface area contributed by atoms with E-state index >= 15 is 0 Å². The Balaban J connectivity index is 1.50. The SMILES string of the molecule is O=C(c1cc2c(Br)c(F)ccc2[nH]1)N1CCC(c2n[nH]c(=O)o2)CC1. The quantitative estimate of drug-likeness (QED) is 0.681. The number of carbonyl (C=O) groups is 1. The van der Waals surface area contributed by atoms with E-state index in [1.807, 2.05) is 0 Å². The van der Waals surface area contributed by atoms with E-state index in [0.29, 0.717) is 52.9 Å². The van der Waals surface area contributed by atoms with Crippen molar-refractivity contribution < 1.29 is 13.6 Å². The topological polar surface area (TPSA) is 95.0 Å². The van der Waals surface area contributed by atoms with Gasteiger partial charge in [0.1, 0.15) is 11.5 Å². The number of aromatic nitrogens is 3. The van der Waals surface area contributed by atoms with Crippen LogP contribution in [0.15, 0.2) is 31.9 Å². The van der Waals surface area contributed by atoms with E-state index < -0.39 is 5.76 Å². The van der Waals surface area contributed by atoms with Gasteiger partial charge < -0.3 is 14.3 Å². The number of H-pyrrole nitrogens is 2. The minimum atomic E-state index is -0.565. The highest BCUT2D eigenvalue weighted by atomic mass is 79.9. The number of nitrogens with one attached hydrogen (secondary N) is 2. The first-order chi connectivity index (χ1) is 12.0. The standard InChI is InChI=1S/C16H14BrFN4O3/c17-13-9-7-12(19-11(9)2-1-10(13)18)15(23)22-5-3-8(4-6-22)14-20-21-16(24)25-14/h1-2,7-8,19H,3-6H2,(H,21,24). The van der Waals surface area contributed by atoms with Crippen LogP contribution in [-0.4, -0.2) is 39.1 Å². The summed E-state index contributed by atoms with van der Waals surface area (Å²) in [7, 11) is 0. The summed E-state index contributed by atoms with van der Waals surface area (Å²) in [4.78, 5) is 28.5. The Kier molecular flexibility index (Phi) is 3.95. The van der Waals surface area contributed by atoms with Gasteiger partial charge in [-0.3, -0.25) is 4.79 Å². The van der Waals surface area contributed by atoms with Crippen LogP contribution in [0.25, 0.3) is 10.9 Å². The number of aromatic amines is 2. The van der Waals surface area contributed by atoms with E-state index in [9.17, 15) is 14.0 Å². The van der Waals surface area contributed by atoms with E-state index in [1.165, 1.54) is 6.07 Å². The van der Waals surface area contributed by atoms with Gasteiger partial charge in [0.05, 0.1) is 4.47 Å². The Hall–Kier alpha value is -2.42. The Morgan fingerprint density at radius 3 is 2.80 bits per heavy atom. The number of fused-ring (bicyclic) bond motifs is 1. The lowest BCUT2D eigenvalue weighted by atomic mass is 9.96. The predicted octanol–water partition coefficient (Wildman–Crippen LogP) is 2.77. The third-order valence-electron chi connectivity index (χ3n) is 4.51. The van der Waals surface area contributed by atoms with Crippen molar-refractivity contribution in [2.45, 2.75) is 18.8 Å². The highest BCUT2D eigenvalue weighted by Crippen LogP contribution is 2.29. The first-order valence-corrected chi connectivity index (χ1v) is 8.63. The van der Waals surface area contributed by atoms with Gasteiger partial charge in [0.15, 0.2) is 0 Å². The maximum absolute atomic E-state index is 13.6. The smallest absolute Gasteiger partial charge is 0.392 e. The average Bonchev–Trinajstić information content (AvgIpc) is 3.24.